The highest BCUT2D eigenvalue weighted by atomic mass is 16.5. The molecule has 1 heterocycles. The number of hydrogen-bond acceptors (Lipinski definition) is 3. The molecule has 19 heavy (non-hydrogen) atoms. The highest BCUT2D eigenvalue weighted by molar-refractivity contribution is 5.97. The van der Waals surface area contributed by atoms with Crippen molar-refractivity contribution in [2.75, 3.05) is 12.4 Å². The predicted molar refractivity (Wildman–Crippen MR) is 73.2 cm³/mol. The van der Waals surface area contributed by atoms with Crippen molar-refractivity contribution in [1.82, 2.24) is 10.2 Å². The molecular formula is C14H17N3O2. The number of methoxy groups -OCH3 is 1. The molecule has 1 amide bonds. The molecule has 0 aliphatic carbocycles. The predicted octanol–water partition coefficient (Wildman–Crippen LogP) is 2.33. The maximum absolute atomic E-state index is 12.3. The molecule has 2 N–H and O–H groups in total. The van der Waals surface area contributed by atoms with Crippen LogP contribution in [0.5, 0.6) is 5.75 Å². The molecule has 0 aliphatic rings. The van der Waals surface area contributed by atoms with Crippen molar-refractivity contribution < 1.29 is 9.53 Å². The van der Waals surface area contributed by atoms with E-state index >= 15 is 0 Å². The van der Waals surface area contributed by atoms with Gasteiger partial charge in [0.05, 0.1) is 18.7 Å². The van der Waals surface area contributed by atoms with Gasteiger partial charge in [-0.05, 0) is 31.5 Å². The van der Waals surface area contributed by atoms with Crippen LogP contribution < -0.4 is 10.1 Å². The minimum atomic E-state index is -0.641. The molecule has 100 valence electrons. The summed E-state index contributed by atoms with van der Waals surface area (Å²) in [6, 6.07) is 9.19. The first-order chi connectivity index (χ1) is 9.04. The largest absolute Gasteiger partial charge is 0.497 e. The highest BCUT2D eigenvalue weighted by Gasteiger charge is 2.30. The normalized spacial score (nSPS) is 11.1. The first-order valence-electron chi connectivity index (χ1n) is 5.99. The fourth-order valence-electron chi connectivity index (χ4n) is 1.74. The van der Waals surface area contributed by atoms with Gasteiger partial charge in [-0.1, -0.05) is 12.1 Å². The summed E-state index contributed by atoms with van der Waals surface area (Å²) >= 11 is 0. The second-order valence-electron chi connectivity index (χ2n) is 4.78. The number of amides is 1. The van der Waals surface area contributed by atoms with Gasteiger partial charge in [0, 0.05) is 6.07 Å². The first kappa shape index (κ1) is 13.1. The Labute approximate surface area is 112 Å². The van der Waals surface area contributed by atoms with Gasteiger partial charge >= 0.3 is 0 Å². The SMILES string of the molecule is COc1ccc(C(C)(C)C(=O)Nc2ccn[nH]2)cc1. The number of aromatic nitrogens is 2. The molecule has 1 aromatic heterocycles. The van der Waals surface area contributed by atoms with E-state index in [1.807, 2.05) is 38.1 Å². The molecule has 1 aromatic carbocycles. The third-order valence-electron chi connectivity index (χ3n) is 3.13. The lowest BCUT2D eigenvalue weighted by molar-refractivity contribution is -0.120. The molecule has 0 spiro atoms. The van der Waals surface area contributed by atoms with Crippen molar-refractivity contribution in [2.24, 2.45) is 0 Å². The Morgan fingerprint density at radius 1 is 1.26 bits per heavy atom. The van der Waals surface area contributed by atoms with Gasteiger partial charge < -0.3 is 10.1 Å². The molecule has 0 fully saturated rings. The molecule has 0 radical (unpaired) electrons. The fourth-order valence-corrected chi connectivity index (χ4v) is 1.74. The summed E-state index contributed by atoms with van der Waals surface area (Å²) in [6.07, 6.45) is 1.59. The molecule has 0 aliphatic heterocycles. The standard InChI is InChI=1S/C14H17N3O2/c1-14(2,10-4-6-11(19-3)7-5-10)13(18)16-12-8-9-15-17-12/h4-9H,1-3H3,(H2,15,16,17,18). The number of nitrogens with zero attached hydrogens (tertiary/aromatic N) is 1. The summed E-state index contributed by atoms with van der Waals surface area (Å²) in [5.74, 6) is 1.27. The first-order valence-corrected chi connectivity index (χ1v) is 5.99. The van der Waals surface area contributed by atoms with Crippen molar-refractivity contribution in [3.8, 4) is 5.75 Å². The van der Waals surface area contributed by atoms with Crippen LogP contribution in [0.3, 0.4) is 0 Å². The van der Waals surface area contributed by atoms with Crippen LogP contribution in [-0.2, 0) is 10.2 Å². The topological polar surface area (TPSA) is 67.0 Å². The van der Waals surface area contributed by atoms with Gasteiger partial charge in [0.2, 0.25) is 5.91 Å². The molecule has 0 unspecified atom stereocenters. The van der Waals surface area contributed by atoms with Crippen LogP contribution in [0.15, 0.2) is 36.5 Å². The average molecular weight is 259 g/mol. The number of anilines is 1. The number of hydrogen-bond donors (Lipinski definition) is 2. The summed E-state index contributed by atoms with van der Waals surface area (Å²) in [5, 5.41) is 9.31. The molecule has 0 atom stereocenters. The Balaban J connectivity index is 2.17. The van der Waals surface area contributed by atoms with Crippen molar-refractivity contribution in [3.63, 3.8) is 0 Å². The van der Waals surface area contributed by atoms with E-state index in [0.29, 0.717) is 5.82 Å². The lowest BCUT2D eigenvalue weighted by Crippen LogP contribution is -2.34. The Bertz CT molecular complexity index is 545. The zero-order valence-corrected chi connectivity index (χ0v) is 11.2. The van der Waals surface area contributed by atoms with Gasteiger partial charge in [-0.3, -0.25) is 9.89 Å². The number of rotatable bonds is 4. The van der Waals surface area contributed by atoms with Gasteiger partial charge in [-0.15, -0.1) is 0 Å². The summed E-state index contributed by atoms with van der Waals surface area (Å²) in [4.78, 5) is 12.3. The lowest BCUT2D eigenvalue weighted by atomic mass is 9.83. The fraction of sp³-hybridized carbons (Fsp3) is 0.286. The van der Waals surface area contributed by atoms with E-state index < -0.39 is 5.41 Å². The second kappa shape index (κ2) is 5.14. The lowest BCUT2D eigenvalue weighted by Gasteiger charge is -2.23. The Morgan fingerprint density at radius 3 is 2.47 bits per heavy atom. The maximum Gasteiger partial charge on any atom is 0.235 e. The van der Waals surface area contributed by atoms with E-state index in [1.54, 1.807) is 19.4 Å². The van der Waals surface area contributed by atoms with Gasteiger partial charge in [-0.2, -0.15) is 5.10 Å². The van der Waals surface area contributed by atoms with E-state index in [4.69, 9.17) is 4.74 Å². The number of nitrogens with one attached hydrogen (secondary N) is 2. The highest BCUT2D eigenvalue weighted by Crippen LogP contribution is 2.26. The Hall–Kier alpha value is -2.30. The number of H-pyrrole nitrogens is 1. The molecule has 0 bridgehead atoms. The molecule has 5 nitrogen and oxygen atoms in total. The van der Waals surface area contributed by atoms with Gasteiger partial charge in [0.25, 0.3) is 0 Å². The van der Waals surface area contributed by atoms with Crippen LogP contribution in [0.25, 0.3) is 0 Å². The zero-order chi connectivity index (χ0) is 13.9. The van der Waals surface area contributed by atoms with E-state index in [-0.39, 0.29) is 5.91 Å². The van der Waals surface area contributed by atoms with Crippen LogP contribution in [-0.4, -0.2) is 23.2 Å². The molecular weight excluding hydrogens is 242 g/mol. The van der Waals surface area contributed by atoms with Crippen molar-refractivity contribution in [3.05, 3.63) is 42.1 Å². The molecule has 2 rings (SSSR count). The van der Waals surface area contributed by atoms with Crippen LogP contribution >= 0.6 is 0 Å². The molecule has 0 saturated carbocycles. The molecule has 0 saturated heterocycles. The number of benzene rings is 1. The smallest absolute Gasteiger partial charge is 0.235 e. The minimum Gasteiger partial charge on any atom is -0.497 e. The Morgan fingerprint density at radius 2 is 1.95 bits per heavy atom. The third-order valence-corrected chi connectivity index (χ3v) is 3.13. The van der Waals surface area contributed by atoms with E-state index in [2.05, 4.69) is 15.5 Å². The summed E-state index contributed by atoms with van der Waals surface area (Å²) in [7, 11) is 1.62. The van der Waals surface area contributed by atoms with Gasteiger partial charge in [-0.25, -0.2) is 0 Å². The summed E-state index contributed by atoms with van der Waals surface area (Å²) in [6.45, 7) is 3.75. The molecule has 2 aromatic rings. The summed E-state index contributed by atoms with van der Waals surface area (Å²) in [5.41, 5.74) is 0.280. The number of aromatic amines is 1. The van der Waals surface area contributed by atoms with Gasteiger partial charge in [0.15, 0.2) is 0 Å². The van der Waals surface area contributed by atoms with Crippen LogP contribution in [0.2, 0.25) is 0 Å². The zero-order valence-electron chi connectivity index (χ0n) is 11.2. The van der Waals surface area contributed by atoms with Crippen LogP contribution in [0.4, 0.5) is 5.82 Å². The van der Waals surface area contributed by atoms with Crippen molar-refractivity contribution >= 4 is 11.7 Å². The Kier molecular flexibility index (Phi) is 3.55. The third kappa shape index (κ3) is 2.76. The number of carbonyl (C=O) groups excluding carboxylic acids is 1. The monoisotopic (exact) mass is 259 g/mol. The van der Waals surface area contributed by atoms with Gasteiger partial charge in [0.1, 0.15) is 11.6 Å². The van der Waals surface area contributed by atoms with Crippen molar-refractivity contribution in [2.45, 2.75) is 19.3 Å². The van der Waals surface area contributed by atoms with E-state index in [1.165, 1.54) is 0 Å². The van der Waals surface area contributed by atoms with Crippen LogP contribution in [0, 0.1) is 0 Å². The number of carbonyl (C=O) groups is 1. The average Bonchev–Trinajstić information content (AvgIpc) is 2.91. The van der Waals surface area contributed by atoms with Crippen LogP contribution in [0.1, 0.15) is 19.4 Å². The molecule has 5 heteroatoms. The second-order valence-corrected chi connectivity index (χ2v) is 4.78. The number of ether oxygens (including phenoxy) is 1. The van der Waals surface area contributed by atoms with E-state index in [9.17, 15) is 4.79 Å². The quantitative estimate of drug-likeness (QED) is 0.885. The van der Waals surface area contributed by atoms with Crippen molar-refractivity contribution in [1.29, 1.82) is 0 Å². The van der Waals surface area contributed by atoms with E-state index in [0.717, 1.165) is 11.3 Å². The maximum atomic E-state index is 12.3. The minimum absolute atomic E-state index is 0.0954. The summed E-state index contributed by atoms with van der Waals surface area (Å²) < 4.78 is 5.11.